The molecule has 0 amide bonds. The van der Waals surface area contributed by atoms with E-state index in [9.17, 15) is 4.79 Å². The summed E-state index contributed by atoms with van der Waals surface area (Å²) >= 11 is 0. The molecule has 0 bridgehead atoms. The average Bonchev–Trinajstić information content (AvgIpc) is 2.94. The number of benzene rings is 1. The van der Waals surface area contributed by atoms with E-state index in [2.05, 4.69) is 42.1 Å². The number of ether oxygens (including phenoxy) is 1. The highest BCUT2D eigenvalue weighted by Gasteiger charge is 2.29. The van der Waals surface area contributed by atoms with Crippen LogP contribution in [0.5, 0.6) is 5.75 Å². The van der Waals surface area contributed by atoms with Crippen LogP contribution in [0, 0.1) is 20.8 Å². The lowest BCUT2D eigenvalue weighted by Crippen LogP contribution is -2.40. The van der Waals surface area contributed by atoms with Crippen molar-refractivity contribution >= 4 is 11.0 Å². The second-order valence-electron chi connectivity index (χ2n) is 6.63. The molecule has 0 spiro atoms. The number of rotatable bonds is 2. The summed E-state index contributed by atoms with van der Waals surface area (Å²) in [6, 6.07) is 7.85. The van der Waals surface area contributed by atoms with E-state index < -0.39 is 0 Å². The van der Waals surface area contributed by atoms with Crippen LogP contribution in [0.4, 0.5) is 0 Å². The zero-order valence-electron chi connectivity index (χ0n) is 14.1. The van der Waals surface area contributed by atoms with Gasteiger partial charge in [-0.05, 0) is 43.5 Å². The van der Waals surface area contributed by atoms with Crippen LogP contribution in [0.3, 0.4) is 0 Å². The van der Waals surface area contributed by atoms with Crippen molar-refractivity contribution in [2.24, 2.45) is 0 Å². The first-order valence-electron chi connectivity index (χ1n) is 8.20. The summed E-state index contributed by atoms with van der Waals surface area (Å²) in [5.74, 6) is 0.869. The van der Waals surface area contributed by atoms with E-state index in [-0.39, 0.29) is 11.7 Å². The Morgan fingerprint density at radius 3 is 2.67 bits per heavy atom. The number of pyridine rings is 1. The van der Waals surface area contributed by atoms with Gasteiger partial charge >= 0.3 is 5.63 Å². The molecule has 1 unspecified atom stereocenters. The molecule has 2 aromatic heterocycles. The standard InChI is InChI=1S/C20H20NO3/c1-12-4-6-21(7-5-12)11-16-9-15-10-17-13(2)8-18(22)24-20(17)14(3)19(15)23-16/h4-8,10,16H,9,11H2,1-3H3/q+1. The summed E-state index contributed by atoms with van der Waals surface area (Å²) in [4.78, 5) is 11.7. The van der Waals surface area contributed by atoms with E-state index in [0.29, 0.717) is 5.58 Å². The van der Waals surface area contributed by atoms with Gasteiger partial charge in [0, 0.05) is 35.6 Å². The molecule has 0 saturated heterocycles. The van der Waals surface area contributed by atoms with Crippen molar-refractivity contribution in [3.05, 3.63) is 69.3 Å². The van der Waals surface area contributed by atoms with Gasteiger partial charge in [-0.15, -0.1) is 0 Å². The van der Waals surface area contributed by atoms with Crippen molar-refractivity contribution in [1.82, 2.24) is 0 Å². The fourth-order valence-corrected chi connectivity index (χ4v) is 3.42. The third-order valence-corrected chi connectivity index (χ3v) is 4.70. The van der Waals surface area contributed by atoms with Crippen molar-refractivity contribution < 1.29 is 13.7 Å². The molecule has 1 aliphatic rings. The van der Waals surface area contributed by atoms with E-state index >= 15 is 0 Å². The summed E-state index contributed by atoms with van der Waals surface area (Å²) in [5.41, 5.74) is 4.63. The molecule has 0 saturated carbocycles. The maximum atomic E-state index is 11.7. The third kappa shape index (κ3) is 2.48. The first-order valence-corrected chi connectivity index (χ1v) is 8.20. The SMILES string of the molecule is Cc1cc[n+](CC2Cc3cc4c(C)cc(=O)oc4c(C)c3O2)cc1. The van der Waals surface area contributed by atoms with Crippen molar-refractivity contribution in [2.45, 2.75) is 39.8 Å². The number of hydrogen-bond acceptors (Lipinski definition) is 3. The third-order valence-electron chi connectivity index (χ3n) is 4.70. The van der Waals surface area contributed by atoms with Crippen molar-refractivity contribution in [2.75, 3.05) is 0 Å². The summed E-state index contributed by atoms with van der Waals surface area (Å²) in [6.07, 6.45) is 5.11. The number of fused-ring (bicyclic) bond motifs is 2. The highest BCUT2D eigenvalue weighted by molar-refractivity contribution is 5.86. The van der Waals surface area contributed by atoms with Crippen LogP contribution >= 0.6 is 0 Å². The fraction of sp³-hybridized carbons (Fsp3) is 0.300. The fourth-order valence-electron chi connectivity index (χ4n) is 3.42. The molecule has 0 aliphatic carbocycles. The molecule has 4 heteroatoms. The number of nitrogens with zero attached hydrogens (tertiary/aromatic N) is 1. The maximum Gasteiger partial charge on any atom is 0.336 e. The molecular weight excluding hydrogens is 302 g/mol. The molecule has 4 rings (SSSR count). The quantitative estimate of drug-likeness (QED) is 0.538. The second-order valence-corrected chi connectivity index (χ2v) is 6.63. The zero-order valence-corrected chi connectivity index (χ0v) is 14.1. The number of aromatic nitrogens is 1. The Bertz CT molecular complexity index is 986. The molecule has 1 atom stereocenters. The van der Waals surface area contributed by atoms with E-state index in [1.807, 2.05) is 13.8 Å². The van der Waals surface area contributed by atoms with Gasteiger partial charge in [-0.2, -0.15) is 0 Å². The van der Waals surface area contributed by atoms with Gasteiger partial charge in [-0.25, -0.2) is 9.36 Å². The number of hydrogen-bond donors (Lipinski definition) is 0. The van der Waals surface area contributed by atoms with E-state index in [0.717, 1.165) is 35.2 Å². The summed E-state index contributed by atoms with van der Waals surface area (Å²) in [5, 5.41) is 0.998. The van der Waals surface area contributed by atoms with Gasteiger partial charge in [-0.3, -0.25) is 0 Å². The Labute approximate surface area is 140 Å². The average molecular weight is 322 g/mol. The molecule has 0 N–H and O–H groups in total. The molecule has 3 aromatic rings. The first kappa shape index (κ1) is 14.9. The molecule has 1 aliphatic heterocycles. The lowest BCUT2D eigenvalue weighted by Gasteiger charge is -2.10. The molecule has 3 heterocycles. The van der Waals surface area contributed by atoms with E-state index in [1.165, 1.54) is 11.1 Å². The van der Waals surface area contributed by atoms with Crippen LogP contribution in [0.15, 0.2) is 45.9 Å². The Morgan fingerprint density at radius 1 is 1.17 bits per heavy atom. The van der Waals surface area contributed by atoms with E-state index in [4.69, 9.17) is 9.15 Å². The minimum Gasteiger partial charge on any atom is -0.483 e. The molecule has 0 fully saturated rings. The molecule has 24 heavy (non-hydrogen) atoms. The maximum absolute atomic E-state index is 11.7. The first-order chi connectivity index (χ1) is 11.5. The van der Waals surface area contributed by atoms with Crippen molar-refractivity contribution in [1.29, 1.82) is 0 Å². The molecule has 4 nitrogen and oxygen atoms in total. The van der Waals surface area contributed by atoms with Gasteiger partial charge in [0.2, 0.25) is 0 Å². The second kappa shape index (κ2) is 5.48. The van der Waals surface area contributed by atoms with Crippen LogP contribution < -0.4 is 14.9 Å². The van der Waals surface area contributed by atoms with Crippen molar-refractivity contribution in [3.63, 3.8) is 0 Å². The largest absolute Gasteiger partial charge is 0.483 e. The van der Waals surface area contributed by atoms with Crippen LogP contribution in [0.25, 0.3) is 11.0 Å². The summed E-state index contributed by atoms with van der Waals surface area (Å²) < 4.78 is 13.7. The Morgan fingerprint density at radius 2 is 1.92 bits per heavy atom. The topological polar surface area (TPSA) is 43.3 Å². The Hall–Kier alpha value is -2.62. The minimum absolute atomic E-state index is 0.0928. The smallest absolute Gasteiger partial charge is 0.336 e. The highest BCUT2D eigenvalue weighted by atomic mass is 16.5. The number of aryl methyl sites for hydroxylation is 3. The Balaban J connectivity index is 1.70. The predicted molar refractivity (Wildman–Crippen MR) is 91.5 cm³/mol. The van der Waals surface area contributed by atoms with Gasteiger partial charge in [0.25, 0.3) is 0 Å². The summed E-state index contributed by atoms with van der Waals surface area (Å²) in [7, 11) is 0. The Kier molecular flexibility index (Phi) is 3.41. The van der Waals surface area contributed by atoms with Gasteiger partial charge < -0.3 is 9.15 Å². The minimum atomic E-state index is -0.312. The van der Waals surface area contributed by atoms with Gasteiger partial charge in [0.1, 0.15) is 11.3 Å². The van der Waals surface area contributed by atoms with E-state index in [1.54, 1.807) is 6.07 Å². The van der Waals surface area contributed by atoms with Gasteiger partial charge in [0.15, 0.2) is 25.0 Å². The summed E-state index contributed by atoms with van der Waals surface area (Å²) in [6.45, 7) is 6.79. The molecule has 122 valence electrons. The van der Waals surface area contributed by atoms with Crippen LogP contribution in [0.2, 0.25) is 0 Å². The normalized spacial score (nSPS) is 16.2. The lowest BCUT2D eigenvalue weighted by atomic mass is 10.0. The monoisotopic (exact) mass is 322 g/mol. The molecular formula is C20H20NO3+. The zero-order chi connectivity index (χ0) is 16.8. The van der Waals surface area contributed by atoms with Crippen LogP contribution in [-0.4, -0.2) is 6.10 Å². The molecule has 0 radical (unpaired) electrons. The van der Waals surface area contributed by atoms with Crippen LogP contribution in [0.1, 0.15) is 22.3 Å². The highest BCUT2D eigenvalue weighted by Crippen LogP contribution is 2.37. The lowest BCUT2D eigenvalue weighted by molar-refractivity contribution is -0.702. The van der Waals surface area contributed by atoms with Gasteiger partial charge in [0.05, 0.1) is 0 Å². The molecule has 1 aromatic carbocycles. The predicted octanol–water partition coefficient (Wildman–Crippen LogP) is 3.01. The van der Waals surface area contributed by atoms with Crippen LogP contribution in [-0.2, 0) is 13.0 Å². The van der Waals surface area contributed by atoms with Crippen molar-refractivity contribution in [3.8, 4) is 5.75 Å². The van der Waals surface area contributed by atoms with Gasteiger partial charge in [-0.1, -0.05) is 0 Å².